The lowest BCUT2D eigenvalue weighted by Crippen LogP contribution is -2.12. The standard InChI is InChI=1S/C27H20F2N6O/c28-17-4-7-23-21(13-17)24(9-11-31-23)33-18-3-1-2-16(12-18)27(36)35-19-5-6-22(29)25(14-19)34-20-8-10-32-26(30)15-20/h1-15H,(H,31,33)(H,35,36)(H3,30,32,34). The van der Waals surface area contributed by atoms with Crippen molar-refractivity contribution in [1.82, 2.24) is 9.97 Å². The zero-order valence-electron chi connectivity index (χ0n) is 18.8. The maximum atomic E-state index is 14.4. The molecule has 2 aromatic heterocycles. The van der Waals surface area contributed by atoms with Crippen molar-refractivity contribution in [2.75, 3.05) is 21.7 Å². The van der Waals surface area contributed by atoms with Crippen LogP contribution < -0.4 is 21.7 Å². The van der Waals surface area contributed by atoms with E-state index in [2.05, 4.69) is 25.9 Å². The van der Waals surface area contributed by atoms with Gasteiger partial charge in [-0.3, -0.25) is 9.78 Å². The van der Waals surface area contributed by atoms with E-state index in [1.165, 1.54) is 36.5 Å². The van der Waals surface area contributed by atoms with Gasteiger partial charge >= 0.3 is 0 Å². The van der Waals surface area contributed by atoms with Crippen molar-refractivity contribution in [3.8, 4) is 0 Å². The number of fused-ring (bicyclic) bond motifs is 1. The molecule has 0 spiro atoms. The molecule has 0 atom stereocenters. The van der Waals surface area contributed by atoms with E-state index in [-0.39, 0.29) is 17.4 Å². The van der Waals surface area contributed by atoms with Crippen LogP contribution in [0.1, 0.15) is 10.4 Å². The van der Waals surface area contributed by atoms with Crippen molar-refractivity contribution in [2.45, 2.75) is 0 Å². The van der Waals surface area contributed by atoms with Gasteiger partial charge in [-0.2, -0.15) is 0 Å². The second kappa shape index (κ2) is 9.67. The molecule has 0 radical (unpaired) electrons. The molecule has 0 saturated heterocycles. The zero-order valence-corrected chi connectivity index (χ0v) is 18.8. The summed E-state index contributed by atoms with van der Waals surface area (Å²) in [5.74, 6) is -0.943. The van der Waals surface area contributed by atoms with Crippen molar-refractivity contribution < 1.29 is 13.6 Å². The topological polar surface area (TPSA) is 105 Å². The molecular formula is C27H20F2N6O. The van der Waals surface area contributed by atoms with Crippen LogP contribution in [0.25, 0.3) is 10.9 Å². The van der Waals surface area contributed by atoms with E-state index >= 15 is 0 Å². The minimum atomic E-state index is -0.490. The molecule has 36 heavy (non-hydrogen) atoms. The SMILES string of the molecule is Nc1cc(Nc2cc(NC(=O)c3cccc(Nc4ccnc5ccc(F)cc45)c3)ccc2F)ccn1. The number of carbonyl (C=O) groups excluding carboxylic acids is 1. The largest absolute Gasteiger partial charge is 0.384 e. The Morgan fingerprint density at radius 3 is 2.42 bits per heavy atom. The fourth-order valence-corrected chi connectivity index (χ4v) is 3.70. The maximum Gasteiger partial charge on any atom is 0.255 e. The average molecular weight is 482 g/mol. The lowest BCUT2D eigenvalue weighted by atomic mass is 10.1. The number of aromatic nitrogens is 2. The number of rotatable bonds is 6. The first-order valence-corrected chi connectivity index (χ1v) is 11.0. The molecule has 0 aliphatic carbocycles. The van der Waals surface area contributed by atoms with Crippen molar-refractivity contribution >= 4 is 51.1 Å². The summed E-state index contributed by atoms with van der Waals surface area (Å²) in [4.78, 5) is 21.1. The number of hydrogen-bond acceptors (Lipinski definition) is 6. The van der Waals surface area contributed by atoms with Gasteiger partial charge in [-0.15, -0.1) is 0 Å². The highest BCUT2D eigenvalue weighted by Crippen LogP contribution is 2.27. The summed E-state index contributed by atoms with van der Waals surface area (Å²) in [5, 5.41) is 9.55. The molecule has 9 heteroatoms. The molecule has 5 rings (SSSR count). The van der Waals surface area contributed by atoms with E-state index in [1.807, 2.05) is 0 Å². The number of halogens is 2. The lowest BCUT2D eigenvalue weighted by Gasteiger charge is -2.12. The van der Waals surface area contributed by atoms with Gasteiger partial charge in [0.05, 0.1) is 11.2 Å². The Morgan fingerprint density at radius 1 is 0.750 bits per heavy atom. The highest BCUT2D eigenvalue weighted by molar-refractivity contribution is 6.05. The van der Waals surface area contributed by atoms with Crippen LogP contribution in [0.4, 0.5) is 43.0 Å². The predicted molar refractivity (Wildman–Crippen MR) is 138 cm³/mol. The third-order valence-electron chi connectivity index (χ3n) is 5.39. The van der Waals surface area contributed by atoms with Crippen molar-refractivity contribution in [3.05, 3.63) is 108 Å². The number of benzene rings is 3. The Kier molecular flexibility index (Phi) is 6.10. The molecule has 0 saturated carbocycles. The number of amides is 1. The van der Waals surface area contributed by atoms with Gasteiger partial charge in [-0.05, 0) is 66.7 Å². The Morgan fingerprint density at radius 2 is 1.56 bits per heavy atom. The van der Waals surface area contributed by atoms with E-state index in [1.54, 1.807) is 54.7 Å². The van der Waals surface area contributed by atoms with Gasteiger partial charge < -0.3 is 21.7 Å². The van der Waals surface area contributed by atoms with Crippen LogP contribution in [0, 0.1) is 11.6 Å². The van der Waals surface area contributed by atoms with Crippen LogP contribution in [0.3, 0.4) is 0 Å². The second-order valence-electron chi connectivity index (χ2n) is 7.97. The zero-order chi connectivity index (χ0) is 25.1. The molecule has 178 valence electrons. The summed E-state index contributed by atoms with van der Waals surface area (Å²) < 4.78 is 28.1. The first-order valence-electron chi connectivity index (χ1n) is 11.0. The minimum Gasteiger partial charge on any atom is -0.384 e. The Labute approximate surface area is 205 Å². The van der Waals surface area contributed by atoms with E-state index in [9.17, 15) is 13.6 Å². The fourth-order valence-electron chi connectivity index (χ4n) is 3.70. The number of anilines is 6. The van der Waals surface area contributed by atoms with Gasteiger partial charge in [0.2, 0.25) is 0 Å². The number of nitrogen functional groups attached to an aromatic ring is 1. The monoisotopic (exact) mass is 482 g/mol. The molecule has 5 N–H and O–H groups in total. The molecule has 0 unspecified atom stereocenters. The molecular weight excluding hydrogens is 462 g/mol. The number of carbonyl (C=O) groups is 1. The molecule has 2 heterocycles. The van der Waals surface area contributed by atoms with Crippen molar-refractivity contribution in [3.63, 3.8) is 0 Å². The summed E-state index contributed by atoms with van der Waals surface area (Å²) in [5.41, 5.74) is 9.13. The molecule has 0 fully saturated rings. The van der Waals surface area contributed by atoms with Gasteiger partial charge in [0, 0.05) is 52.2 Å². The van der Waals surface area contributed by atoms with Crippen LogP contribution in [0.2, 0.25) is 0 Å². The summed E-state index contributed by atoms with van der Waals surface area (Å²) in [6.45, 7) is 0. The molecule has 3 aromatic carbocycles. The fraction of sp³-hybridized carbons (Fsp3) is 0. The van der Waals surface area contributed by atoms with Crippen LogP contribution in [-0.4, -0.2) is 15.9 Å². The third-order valence-corrected chi connectivity index (χ3v) is 5.39. The Bertz CT molecular complexity index is 1590. The van der Waals surface area contributed by atoms with Crippen LogP contribution >= 0.6 is 0 Å². The normalized spacial score (nSPS) is 10.7. The number of nitrogens with one attached hydrogen (secondary N) is 3. The minimum absolute atomic E-state index is 0.172. The third kappa shape index (κ3) is 5.05. The van der Waals surface area contributed by atoms with Gasteiger partial charge in [-0.25, -0.2) is 13.8 Å². The van der Waals surface area contributed by atoms with E-state index < -0.39 is 5.82 Å². The van der Waals surface area contributed by atoms with E-state index in [0.29, 0.717) is 45.0 Å². The van der Waals surface area contributed by atoms with Gasteiger partial charge in [0.15, 0.2) is 0 Å². The number of hydrogen-bond donors (Lipinski definition) is 4. The quantitative estimate of drug-likeness (QED) is 0.229. The maximum absolute atomic E-state index is 14.4. The average Bonchev–Trinajstić information content (AvgIpc) is 2.87. The molecule has 5 aromatic rings. The molecule has 0 bridgehead atoms. The number of nitrogens with two attached hydrogens (primary N) is 1. The molecule has 1 amide bonds. The summed E-state index contributed by atoms with van der Waals surface area (Å²) in [6.07, 6.45) is 3.13. The molecule has 7 nitrogen and oxygen atoms in total. The van der Waals surface area contributed by atoms with Crippen molar-refractivity contribution in [2.24, 2.45) is 0 Å². The summed E-state index contributed by atoms with van der Waals surface area (Å²) in [7, 11) is 0. The molecule has 0 aliphatic rings. The smallest absolute Gasteiger partial charge is 0.255 e. The second-order valence-corrected chi connectivity index (χ2v) is 7.97. The first kappa shape index (κ1) is 22.7. The van der Waals surface area contributed by atoms with Crippen molar-refractivity contribution in [1.29, 1.82) is 0 Å². The highest BCUT2D eigenvalue weighted by Gasteiger charge is 2.11. The van der Waals surface area contributed by atoms with Crippen LogP contribution in [0.5, 0.6) is 0 Å². The highest BCUT2D eigenvalue weighted by atomic mass is 19.1. The number of pyridine rings is 2. The van der Waals surface area contributed by atoms with Crippen LogP contribution in [-0.2, 0) is 0 Å². The van der Waals surface area contributed by atoms with Gasteiger partial charge in [0.25, 0.3) is 5.91 Å². The first-order chi connectivity index (χ1) is 17.4. The Hall–Kier alpha value is -5.05. The van der Waals surface area contributed by atoms with Gasteiger partial charge in [0.1, 0.15) is 17.5 Å². The van der Waals surface area contributed by atoms with Gasteiger partial charge in [-0.1, -0.05) is 6.07 Å². The predicted octanol–water partition coefficient (Wildman–Crippen LogP) is 6.23. The Balaban J connectivity index is 1.34. The lowest BCUT2D eigenvalue weighted by molar-refractivity contribution is 0.102. The summed E-state index contributed by atoms with van der Waals surface area (Å²) >= 11 is 0. The van der Waals surface area contributed by atoms with Crippen LogP contribution in [0.15, 0.2) is 91.3 Å². The van der Waals surface area contributed by atoms with E-state index in [0.717, 1.165) is 0 Å². The number of nitrogens with zero attached hydrogens (tertiary/aromatic N) is 2. The van der Waals surface area contributed by atoms with E-state index in [4.69, 9.17) is 5.73 Å². The molecule has 0 aliphatic heterocycles. The summed E-state index contributed by atoms with van der Waals surface area (Å²) in [6, 6.07) is 20.4.